The van der Waals surface area contributed by atoms with Crippen LogP contribution < -0.4 is 16.4 Å². The normalized spacial score (nSPS) is 14.4. The Morgan fingerprint density at radius 3 is 2.92 bits per heavy atom. The molecular weight excluding hydrogens is 302 g/mol. The molecule has 0 unspecified atom stereocenters. The maximum atomic E-state index is 5.97. The zero-order chi connectivity index (χ0) is 16.5. The summed E-state index contributed by atoms with van der Waals surface area (Å²) >= 11 is 0. The van der Waals surface area contributed by atoms with E-state index in [1.54, 1.807) is 0 Å². The number of nitrogens with one attached hydrogen (secondary N) is 2. The minimum absolute atomic E-state index is 0.319. The van der Waals surface area contributed by atoms with E-state index in [1.807, 2.05) is 18.2 Å². The van der Waals surface area contributed by atoms with E-state index in [4.69, 9.17) is 10.2 Å². The second kappa shape index (κ2) is 6.13. The molecule has 0 aliphatic carbocycles. The minimum atomic E-state index is 0.319. The van der Waals surface area contributed by atoms with Crippen molar-refractivity contribution in [3.05, 3.63) is 46.8 Å². The first kappa shape index (κ1) is 15.0. The van der Waals surface area contributed by atoms with Gasteiger partial charge in [0.05, 0.1) is 12.2 Å². The molecule has 0 spiro atoms. The van der Waals surface area contributed by atoms with Gasteiger partial charge in [0.2, 0.25) is 5.95 Å². The number of nitrogens with two attached hydrogens (primary N) is 1. The molecule has 0 amide bonds. The number of aryl methyl sites for hydroxylation is 1. The van der Waals surface area contributed by atoms with Crippen molar-refractivity contribution in [2.24, 2.45) is 0 Å². The van der Waals surface area contributed by atoms with Crippen LogP contribution in [0.4, 0.5) is 11.8 Å². The van der Waals surface area contributed by atoms with E-state index in [2.05, 4.69) is 33.6 Å². The lowest BCUT2D eigenvalue weighted by atomic mass is 10.1. The van der Waals surface area contributed by atoms with Gasteiger partial charge in [0.25, 0.3) is 0 Å². The highest BCUT2D eigenvalue weighted by molar-refractivity contribution is 5.81. The van der Waals surface area contributed by atoms with Crippen molar-refractivity contribution in [3.8, 4) is 0 Å². The lowest BCUT2D eigenvalue weighted by molar-refractivity contribution is 0.555. The number of hydrogen-bond acceptors (Lipinski definition) is 6. The topological polar surface area (TPSA) is 89.0 Å². The van der Waals surface area contributed by atoms with Crippen LogP contribution in [0.2, 0.25) is 0 Å². The fourth-order valence-electron chi connectivity index (χ4n) is 3.27. The molecule has 4 N–H and O–H groups in total. The number of aromatic nitrogens is 2. The smallest absolute Gasteiger partial charge is 0.222 e. The fraction of sp³-hybridized carbons (Fsp3) is 0.333. The number of anilines is 2. The van der Waals surface area contributed by atoms with Crippen molar-refractivity contribution in [1.29, 1.82) is 0 Å². The number of para-hydroxylation sites is 1. The molecular formula is C18H21N5O. The first-order chi connectivity index (χ1) is 11.7. The van der Waals surface area contributed by atoms with Crippen LogP contribution in [0, 0.1) is 6.92 Å². The Bertz CT molecular complexity index is 886. The van der Waals surface area contributed by atoms with Crippen LogP contribution >= 0.6 is 0 Å². The third-order valence-corrected chi connectivity index (χ3v) is 4.56. The van der Waals surface area contributed by atoms with Crippen molar-refractivity contribution >= 4 is 22.7 Å². The average molecular weight is 323 g/mol. The van der Waals surface area contributed by atoms with Crippen LogP contribution in [0.3, 0.4) is 0 Å². The zero-order valence-electron chi connectivity index (χ0n) is 13.7. The van der Waals surface area contributed by atoms with E-state index in [1.165, 1.54) is 0 Å². The van der Waals surface area contributed by atoms with Crippen LogP contribution in [0.25, 0.3) is 11.0 Å². The predicted molar refractivity (Wildman–Crippen MR) is 95.0 cm³/mol. The standard InChI is InChI=1S/C18H21N5O/c1-11-12-4-2-3-5-15(12)24-16(11)10-21-17-13-6-8-20-9-7-14(13)22-18(19)23-17/h2-5,20H,6-10H2,1H3,(H3,19,21,22,23). The summed E-state index contributed by atoms with van der Waals surface area (Å²) in [6, 6.07) is 8.09. The van der Waals surface area contributed by atoms with Gasteiger partial charge >= 0.3 is 0 Å². The maximum Gasteiger partial charge on any atom is 0.222 e. The van der Waals surface area contributed by atoms with E-state index < -0.39 is 0 Å². The average Bonchev–Trinajstić information content (AvgIpc) is 2.75. The summed E-state index contributed by atoms with van der Waals surface area (Å²) in [5, 5.41) is 7.95. The van der Waals surface area contributed by atoms with Gasteiger partial charge in [0, 0.05) is 29.5 Å². The number of fused-ring (bicyclic) bond motifs is 2. The molecule has 124 valence electrons. The minimum Gasteiger partial charge on any atom is -0.459 e. The van der Waals surface area contributed by atoms with Gasteiger partial charge in [-0.15, -0.1) is 0 Å². The third-order valence-electron chi connectivity index (χ3n) is 4.56. The highest BCUT2D eigenvalue weighted by Crippen LogP contribution is 2.26. The Morgan fingerprint density at radius 2 is 2.04 bits per heavy atom. The quantitative estimate of drug-likeness (QED) is 0.686. The van der Waals surface area contributed by atoms with Crippen LogP contribution in [0.5, 0.6) is 0 Å². The monoisotopic (exact) mass is 323 g/mol. The Balaban J connectivity index is 1.63. The van der Waals surface area contributed by atoms with E-state index in [9.17, 15) is 0 Å². The van der Waals surface area contributed by atoms with E-state index in [0.717, 1.165) is 65.3 Å². The molecule has 2 aromatic heterocycles. The van der Waals surface area contributed by atoms with Gasteiger partial charge in [-0.3, -0.25) is 0 Å². The van der Waals surface area contributed by atoms with Gasteiger partial charge in [-0.1, -0.05) is 18.2 Å². The van der Waals surface area contributed by atoms with Gasteiger partial charge in [0.15, 0.2) is 0 Å². The highest BCUT2D eigenvalue weighted by atomic mass is 16.3. The molecule has 0 bridgehead atoms. The van der Waals surface area contributed by atoms with Crippen molar-refractivity contribution in [1.82, 2.24) is 15.3 Å². The van der Waals surface area contributed by atoms with E-state index >= 15 is 0 Å². The summed E-state index contributed by atoms with van der Waals surface area (Å²) in [6.07, 6.45) is 1.78. The first-order valence-electron chi connectivity index (χ1n) is 8.29. The SMILES string of the molecule is Cc1c(CNc2nc(N)nc3c2CCNCC3)oc2ccccc12. The predicted octanol–water partition coefficient (Wildman–Crippen LogP) is 2.41. The van der Waals surface area contributed by atoms with E-state index in [-0.39, 0.29) is 0 Å². The number of rotatable bonds is 3. The molecule has 4 rings (SSSR count). The molecule has 1 aliphatic rings. The summed E-state index contributed by atoms with van der Waals surface area (Å²) < 4.78 is 5.97. The molecule has 0 atom stereocenters. The largest absolute Gasteiger partial charge is 0.459 e. The molecule has 24 heavy (non-hydrogen) atoms. The molecule has 0 radical (unpaired) electrons. The number of furan rings is 1. The third kappa shape index (κ3) is 2.69. The summed E-state index contributed by atoms with van der Waals surface area (Å²) in [5.41, 5.74) is 10.2. The second-order valence-corrected chi connectivity index (χ2v) is 6.11. The van der Waals surface area contributed by atoms with Gasteiger partial charge in [-0.05, 0) is 26.0 Å². The van der Waals surface area contributed by atoms with Crippen LogP contribution in [-0.4, -0.2) is 23.1 Å². The summed E-state index contributed by atoms with van der Waals surface area (Å²) in [7, 11) is 0. The molecule has 1 aliphatic heterocycles. The molecule has 6 nitrogen and oxygen atoms in total. The molecule has 0 saturated carbocycles. The van der Waals surface area contributed by atoms with Crippen molar-refractivity contribution in [3.63, 3.8) is 0 Å². The Labute approximate surface area is 140 Å². The Kier molecular flexibility index (Phi) is 3.82. The second-order valence-electron chi connectivity index (χ2n) is 6.11. The number of hydrogen-bond donors (Lipinski definition) is 3. The maximum absolute atomic E-state index is 5.97. The number of benzene rings is 1. The van der Waals surface area contributed by atoms with Crippen molar-refractivity contribution in [2.75, 3.05) is 24.1 Å². The Hall–Kier alpha value is -2.60. The lowest BCUT2D eigenvalue weighted by Gasteiger charge is -2.13. The first-order valence-corrected chi connectivity index (χ1v) is 8.29. The molecule has 6 heteroatoms. The zero-order valence-corrected chi connectivity index (χ0v) is 13.7. The van der Waals surface area contributed by atoms with Crippen molar-refractivity contribution < 1.29 is 4.42 Å². The highest BCUT2D eigenvalue weighted by Gasteiger charge is 2.17. The number of nitrogen functional groups attached to an aromatic ring is 1. The van der Waals surface area contributed by atoms with E-state index in [0.29, 0.717) is 12.5 Å². The summed E-state index contributed by atoms with van der Waals surface area (Å²) in [5.74, 6) is 2.06. The van der Waals surface area contributed by atoms with Crippen LogP contribution in [-0.2, 0) is 19.4 Å². The van der Waals surface area contributed by atoms with Gasteiger partial charge in [-0.25, -0.2) is 4.98 Å². The Morgan fingerprint density at radius 1 is 1.21 bits per heavy atom. The molecule has 0 saturated heterocycles. The van der Waals surface area contributed by atoms with Crippen LogP contribution in [0.1, 0.15) is 22.6 Å². The fourth-order valence-corrected chi connectivity index (χ4v) is 3.27. The molecule has 3 heterocycles. The molecule has 0 fully saturated rings. The van der Waals surface area contributed by atoms with Gasteiger partial charge in [0.1, 0.15) is 17.2 Å². The van der Waals surface area contributed by atoms with Gasteiger partial charge in [-0.2, -0.15) is 4.98 Å². The molecule has 1 aromatic carbocycles. The number of nitrogens with zero attached hydrogens (tertiary/aromatic N) is 2. The molecule has 3 aromatic rings. The summed E-state index contributed by atoms with van der Waals surface area (Å²) in [4.78, 5) is 8.82. The summed E-state index contributed by atoms with van der Waals surface area (Å²) in [6.45, 7) is 4.52. The van der Waals surface area contributed by atoms with Crippen LogP contribution in [0.15, 0.2) is 28.7 Å². The van der Waals surface area contributed by atoms with Crippen molar-refractivity contribution in [2.45, 2.75) is 26.3 Å². The van der Waals surface area contributed by atoms with Gasteiger partial charge < -0.3 is 20.8 Å². The lowest BCUT2D eigenvalue weighted by Crippen LogP contribution is -2.16.